The predicted octanol–water partition coefficient (Wildman–Crippen LogP) is 0.573. The van der Waals surface area contributed by atoms with Crippen molar-refractivity contribution >= 4 is 40.5 Å². The van der Waals surface area contributed by atoms with Gasteiger partial charge in [-0.25, -0.2) is 4.79 Å². The van der Waals surface area contributed by atoms with E-state index in [1.165, 1.54) is 0 Å². The quantitative estimate of drug-likeness (QED) is 0.554. The van der Waals surface area contributed by atoms with E-state index in [9.17, 15) is 14.4 Å². The molecule has 0 saturated carbocycles. The van der Waals surface area contributed by atoms with E-state index in [4.69, 9.17) is 15.6 Å². The average molecular weight is 461 g/mol. The minimum absolute atomic E-state index is 0.0732. The Morgan fingerprint density at radius 1 is 1.36 bits per heavy atom. The highest BCUT2D eigenvalue weighted by atomic mass is 127. The summed E-state index contributed by atoms with van der Waals surface area (Å²) in [5, 5.41) is 11.7. The SMILES string of the molecule is NC(=O)[C@H](Cc1ccc(I)cc1)NC(=O)C1CN(C(=O)O)CCCO1. The number of nitrogens with zero attached hydrogens (tertiary/aromatic N) is 1. The summed E-state index contributed by atoms with van der Waals surface area (Å²) < 4.78 is 6.48. The monoisotopic (exact) mass is 461 g/mol. The Morgan fingerprint density at radius 3 is 2.64 bits per heavy atom. The minimum atomic E-state index is -1.10. The summed E-state index contributed by atoms with van der Waals surface area (Å²) in [4.78, 5) is 36.4. The fourth-order valence-electron chi connectivity index (χ4n) is 2.50. The molecule has 0 aliphatic carbocycles. The van der Waals surface area contributed by atoms with E-state index in [2.05, 4.69) is 27.9 Å². The summed E-state index contributed by atoms with van der Waals surface area (Å²) in [6, 6.07) is 6.62. The summed E-state index contributed by atoms with van der Waals surface area (Å²) in [6.07, 6.45) is -1.29. The standard InChI is InChI=1S/C16H20IN3O5/c17-11-4-2-10(3-5-11)8-12(14(18)21)19-15(22)13-9-20(16(23)24)6-1-7-25-13/h2-5,12-13H,1,6-9H2,(H2,18,21)(H,19,22)(H,23,24)/t12-,13?/m0/s1. The fourth-order valence-corrected chi connectivity index (χ4v) is 2.86. The van der Waals surface area contributed by atoms with Crippen LogP contribution in [0.3, 0.4) is 0 Å². The maximum absolute atomic E-state index is 12.4. The molecule has 1 aromatic rings. The minimum Gasteiger partial charge on any atom is -0.465 e. The first-order valence-corrected chi connectivity index (χ1v) is 8.88. The van der Waals surface area contributed by atoms with Gasteiger partial charge in [0.1, 0.15) is 6.04 Å². The van der Waals surface area contributed by atoms with E-state index < -0.39 is 30.1 Å². The second-order valence-electron chi connectivity index (χ2n) is 5.74. The molecule has 136 valence electrons. The van der Waals surface area contributed by atoms with Crippen molar-refractivity contribution in [1.29, 1.82) is 0 Å². The molecule has 1 saturated heterocycles. The van der Waals surface area contributed by atoms with Crippen LogP contribution in [-0.2, 0) is 20.7 Å². The largest absolute Gasteiger partial charge is 0.465 e. The highest BCUT2D eigenvalue weighted by Crippen LogP contribution is 2.10. The Hall–Kier alpha value is -1.88. The van der Waals surface area contributed by atoms with Crippen LogP contribution in [0.5, 0.6) is 0 Å². The van der Waals surface area contributed by atoms with Gasteiger partial charge in [-0.15, -0.1) is 0 Å². The molecule has 1 unspecified atom stereocenters. The molecule has 2 rings (SSSR count). The van der Waals surface area contributed by atoms with E-state index in [1.807, 2.05) is 24.3 Å². The third kappa shape index (κ3) is 5.85. The van der Waals surface area contributed by atoms with E-state index in [0.29, 0.717) is 13.0 Å². The number of rotatable bonds is 5. The van der Waals surface area contributed by atoms with Crippen molar-refractivity contribution in [3.8, 4) is 0 Å². The summed E-state index contributed by atoms with van der Waals surface area (Å²) in [5.41, 5.74) is 6.26. The van der Waals surface area contributed by atoms with Crippen molar-refractivity contribution in [3.05, 3.63) is 33.4 Å². The molecule has 4 N–H and O–H groups in total. The lowest BCUT2D eigenvalue weighted by molar-refractivity contribution is -0.135. The maximum Gasteiger partial charge on any atom is 0.407 e. The number of carboxylic acid groups (broad SMARTS) is 1. The number of amides is 3. The van der Waals surface area contributed by atoms with Crippen molar-refractivity contribution < 1.29 is 24.2 Å². The van der Waals surface area contributed by atoms with Gasteiger partial charge in [0.25, 0.3) is 5.91 Å². The Balaban J connectivity index is 2.02. The summed E-state index contributed by atoms with van der Waals surface area (Å²) >= 11 is 2.17. The molecule has 9 heteroatoms. The number of primary amides is 1. The van der Waals surface area contributed by atoms with Crippen molar-refractivity contribution in [2.75, 3.05) is 19.7 Å². The molecule has 0 radical (unpaired) electrons. The van der Waals surface area contributed by atoms with Crippen LogP contribution in [0, 0.1) is 3.57 Å². The molecule has 0 spiro atoms. The van der Waals surface area contributed by atoms with Crippen LogP contribution in [0.2, 0.25) is 0 Å². The third-order valence-electron chi connectivity index (χ3n) is 3.85. The van der Waals surface area contributed by atoms with Crippen molar-refractivity contribution in [2.45, 2.75) is 25.0 Å². The first-order valence-electron chi connectivity index (χ1n) is 7.80. The van der Waals surface area contributed by atoms with Crippen molar-refractivity contribution in [3.63, 3.8) is 0 Å². The molecule has 0 aromatic heterocycles. The summed E-state index contributed by atoms with van der Waals surface area (Å²) in [6.45, 7) is 0.511. The number of carbonyl (C=O) groups is 3. The van der Waals surface area contributed by atoms with E-state index in [1.54, 1.807) is 0 Å². The van der Waals surface area contributed by atoms with Crippen LogP contribution >= 0.6 is 22.6 Å². The zero-order valence-corrected chi connectivity index (χ0v) is 15.6. The zero-order chi connectivity index (χ0) is 18.4. The molecule has 1 aliphatic heterocycles. The van der Waals surface area contributed by atoms with Gasteiger partial charge >= 0.3 is 6.09 Å². The van der Waals surface area contributed by atoms with Gasteiger partial charge < -0.3 is 25.8 Å². The van der Waals surface area contributed by atoms with Crippen LogP contribution in [0.1, 0.15) is 12.0 Å². The topological polar surface area (TPSA) is 122 Å². The number of hydrogen-bond acceptors (Lipinski definition) is 4. The molecule has 1 heterocycles. The number of halogens is 1. The molecular weight excluding hydrogens is 441 g/mol. The van der Waals surface area contributed by atoms with Gasteiger partial charge in [0.15, 0.2) is 6.10 Å². The molecule has 0 bridgehead atoms. The number of hydrogen-bond donors (Lipinski definition) is 3. The Bertz CT molecular complexity index is 637. The van der Waals surface area contributed by atoms with Gasteiger partial charge in [0.2, 0.25) is 5.91 Å². The number of ether oxygens (including phenoxy) is 1. The van der Waals surface area contributed by atoms with Crippen LogP contribution in [0.15, 0.2) is 24.3 Å². The van der Waals surface area contributed by atoms with Gasteiger partial charge in [0.05, 0.1) is 6.54 Å². The molecule has 1 aromatic carbocycles. The first-order chi connectivity index (χ1) is 11.9. The summed E-state index contributed by atoms with van der Waals surface area (Å²) in [5.74, 6) is -1.20. The van der Waals surface area contributed by atoms with Crippen LogP contribution in [0.4, 0.5) is 4.79 Å². The smallest absolute Gasteiger partial charge is 0.407 e. The highest BCUT2D eigenvalue weighted by Gasteiger charge is 2.30. The molecule has 2 atom stereocenters. The van der Waals surface area contributed by atoms with Gasteiger partial charge in [0, 0.05) is 23.1 Å². The maximum atomic E-state index is 12.4. The Kier molecular flexibility index (Phi) is 7.00. The number of nitrogens with two attached hydrogens (primary N) is 1. The van der Waals surface area contributed by atoms with Gasteiger partial charge in [-0.1, -0.05) is 12.1 Å². The Labute approximate surface area is 158 Å². The lowest BCUT2D eigenvalue weighted by atomic mass is 10.1. The van der Waals surface area contributed by atoms with Gasteiger partial charge in [-0.2, -0.15) is 0 Å². The molecule has 3 amide bonds. The lowest BCUT2D eigenvalue weighted by Gasteiger charge is -2.23. The van der Waals surface area contributed by atoms with Gasteiger partial charge in [-0.3, -0.25) is 9.59 Å². The first kappa shape index (κ1) is 19.4. The normalized spacial score (nSPS) is 18.9. The third-order valence-corrected chi connectivity index (χ3v) is 4.57. The van der Waals surface area contributed by atoms with E-state index >= 15 is 0 Å². The molecular formula is C16H20IN3O5. The van der Waals surface area contributed by atoms with Crippen molar-refractivity contribution in [2.24, 2.45) is 5.73 Å². The Morgan fingerprint density at radius 2 is 2.04 bits per heavy atom. The van der Waals surface area contributed by atoms with E-state index in [0.717, 1.165) is 14.0 Å². The van der Waals surface area contributed by atoms with Crippen LogP contribution < -0.4 is 11.1 Å². The number of benzene rings is 1. The molecule has 25 heavy (non-hydrogen) atoms. The lowest BCUT2D eigenvalue weighted by Crippen LogP contribution is -2.52. The van der Waals surface area contributed by atoms with Crippen molar-refractivity contribution in [1.82, 2.24) is 10.2 Å². The molecule has 8 nitrogen and oxygen atoms in total. The second kappa shape index (κ2) is 8.99. The van der Waals surface area contributed by atoms with Gasteiger partial charge in [-0.05, 0) is 46.7 Å². The van der Waals surface area contributed by atoms with E-state index in [-0.39, 0.29) is 19.6 Å². The average Bonchev–Trinajstić information content (AvgIpc) is 2.82. The number of carbonyl (C=O) groups excluding carboxylic acids is 2. The fraction of sp³-hybridized carbons (Fsp3) is 0.438. The van der Waals surface area contributed by atoms with Crippen LogP contribution in [-0.4, -0.2) is 59.8 Å². The predicted molar refractivity (Wildman–Crippen MR) is 97.9 cm³/mol. The zero-order valence-electron chi connectivity index (χ0n) is 13.5. The molecule has 1 fully saturated rings. The second-order valence-corrected chi connectivity index (χ2v) is 6.98. The molecule has 1 aliphatic rings. The van der Waals surface area contributed by atoms with Crippen LogP contribution in [0.25, 0.3) is 0 Å². The summed E-state index contributed by atoms with van der Waals surface area (Å²) in [7, 11) is 0. The number of nitrogens with one attached hydrogen (secondary N) is 1. The highest BCUT2D eigenvalue weighted by molar-refractivity contribution is 14.1.